The molecule has 0 atom stereocenters. The van der Waals surface area contributed by atoms with E-state index in [1.165, 1.54) is 4.90 Å². The zero-order valence-electron chi connectivity index (χ0n) is 9.93. The summed E-state index contributed by atoms with van der Waals surface area (Å²) in [4.78, 5) is 1.41. The number of alkyl halides is 3. The van der Waals surface area contributed by atoms with Gasteiger partial charge in [0.25, 0.3) is 0 Å². The van der Waals surface area contributed by atoms with E-state index >= 15 is 0 Å². The van der Waals surface area contributed by atoms with Gasteiger partial charge in [0.15, 0.2) is 0 Å². The van der Waals surface area contributed by atoms with Gasteiger partial charge >= 0.3 is 6.18 Å². The van der Waals surface area contributed by atoms with Gasteiger partial charge in [0.2, 0.25) is 0 Å². The number of halogens is 3. The summed E-state index contributed by atoms with van der Waals surface area (Å²) in [6.07, 6.45) is -3.48. The van der Waals surface area contributed by atoms with Crippen molar-refractivity contribution in [2.75, 3.05) is 13.1 Å². The molecule has 2 heterocycles. The summed E-state index contributed by atoms with van der Waals surface area (Å²) in [6, 6.07) is 0. The largest absolute Gasteiger partial charge is 0.401 e. The highest BCUT2D eigenvalue weighted by Gasteiger charge is 2.33. The van der Waals surface area contributed by atoms with Crippen LogP contribution in [0.2, 0.25) is 0 Å². The predicted molar refractivity (Wildman–Crippen MR) is 57.7 cm³/mol. The van der Waals surface area contributed by atoms with Crippen molar-refractivity contribution in [3.63, 3.8) is 0 Å². The van der Waals surface area contributed by atoms with E-state index in [1.54, 1.807) is 0 Å². The van der Waals surface area contributed by atoms with Crippen LogP contribution >= 0.6 is 0 Å². The smallest absolute Gasteiger partial charge is 0.289 e. The molecule has 0 aromatic carbocycles. The molecule has 0 spiro atoms. The van der Waals surface area contributed by atoms with Crippen molar-refractivity contribution in [3.8, 4) is 0 Å². The van der Waals surface area contributed by atoms with Gasteiger partial charge in [0.05, 0.1) is 17.9 Å². The molecular formula is C11H16F3N3. The maximum absolute atomic E-state index is 12.3. The summed E-state index contributed by atoms with van der Waals surface area (Å²) in [6.45, 7) is 4.00. The van der Waals surface area contributed by atoms with Crippen LogP contribution in [0.25, 0.3) is 0 Å². The molecule has 6 heteroatoms. The van der Waals surface area contributed by atoms with Crippen molar-refractivity contribution in [2.45, 2.75) is 38.9 Å². The first kappa shape index (κ1) is 12.4. The number of hydrogen-bond donors (Lipinski definition) is 1. The van der Waals surface area contributed by atoms with Crippen molar-refractivity contribution in [1.82, 2.24) is 15.1 Å². The van der Waals surface area contributed by atoms with E-state index in [0.29, 0.717) is 25.4 Å². The highest BCUT2D eigenvalue weighted by molar-refractivity contribution is 5.29. The molecule has 0 aliphatic carbocycles. The molecule has 96 valence electrons. The molecule has 0 bridgehead atoms. The lowest BCUT2D eigenvalue weighted by Gasteiger charge is -2.27. The average molecular weight is 247 g/mol. The predicted octanol–water partition coefficient (Wildman–Crippen LogP) is 2.45. The van der Waals surface area contributed by atoms with Crippen LogP contribution in [0.4, 0.5) is 13.2 Å². The van der Waals surface area contributed by atoms with E-state index in [9.17, 15) is 13.2 Å². The van der Waals surface area contributed by atoms with E-state index in [2.05, 4.69) is 10.2 Å². The second-order valence-corrected chi connectivity index (χ2v) is 4.80. The fourth-order valence-corrected chi connectivity index (χ4v) is 2.27. The summed E-state index contributed by atoms with van der Waals surface area (Å²) in [5.74, 6) is 0.309. The van der Waals surface area contributed by atoms with Gasteiger partial charge in [-0.15, -0.1) is 0 Å². The van der Waals surface area contributed by atoms with Crippen LogP contribution in [-0.2, 0) is 13.0 Å². The fourth-order valence-electron chi connectivity index (χ4n) is 2.27. The molecule has 0 radical (unpaired) electrons. The molecule has 0 saturated heterocycles. The third kappa shape index (κ3) is 2.80. The minimum atomic E-state index is -4.13. The van der Waals surface area contributed by atoms with E-state index < -0.39 is 12.7 Å². The Morgan fingerprint density at radius 3 is 2.71 bits per heavy atom. The van der Waals surface area contributed by atoms with Crippen LogP contribution in [0.1, 0.15) is 36.7 Å². The zero-order valence-corrected chi connectivity index (χ0v) is 9.93. The average Bonchev–Trinajstić information content (AvgIpc) is 2.57. The van der Waals surface area contributed by atoms with Crippen molar-refractivity contribution in [1.29, 1.82) is 0 Å². The number of aromatic amines is 1. The molecule has 0 unspecified atom stereocenters. The number of rotatable bonds is 2. The first-order valence-electron chi connectivity index (χ1n) is 5.72. The molecule has 17 heavy (non-hydrogen) atoms. The number of H-pyrrole nitrogens is 1. The molecule has 1 aromatic rings. The van der Waals surface area contributed by atoms with Gasteiger partial charge in [-0.1, -0.05) is 13.8 Å². The Kier molecular flexibility index (Phi) is 3.16. The number of nitrogens with one attached hydrogen (secondary N) is 1. The van der Waals surface area contributed by atoms with E-state index in [4.69, 9.17) is 0 Å². The maximum atomic E-state index is 12.3. The van der Waals surface area contributed by atoms with Gasteiger partial charge < -0.3 is 0 Å². The Hall–Kier alpha value is -1.04. The molecule has 1 aromatic heterocycles. The Morgan fingerprint density at radius 1 is 1.41 bits per heavy atom. The zero-order chi connectivity index (χ0) is 12.6. The van der Waals surface area contributed by atoms with Gasteiger partial charge in [-0.25, -0.2) is 0 Å². The molecule has 1 aliphatic rings. The lowest BCUT2D eigenvalue weighted by atomic mass is 9.98. The summed E-state index contributed by atoms with van der Waals surface area (Å²) < 4.78 is 36.8. The first-order valence-corrected chi connectivity index (χ1v) is 5.72. The van der Waals surface area contributed by atoms with Gasteiger partial charge in [0, 0.05) is 13.1 Å². The lowest BCUT2D eigenvalue weighted by Crippen LogP contribution is -2.38. The second-order valence-electron chi connectivity index (χ2n) is 4.80. The molecule has 0 saturated carbocycles. The third-order valence-electron chi connectivity index (χ3n) is 2.99. The Bertz CT molecular complexity index is 395. The molecular weight excluding hydrogens is 231 g/mol. The highest BCUT2D eigenvalue weighted by Crippen LogP contribution is 2.27. The van der Waals surface area contributed by atoms with E-state index in [1.807, 2.05) is 13.8 Å². The van der Waals surface area contributed by atoms with Gasteiger partial charge in [-0.05, 0) is 17.9 Å². The minimum Gasteiger partial charge on any atom is -0.289 e. The van der Waals surface area contributed by atoms with Crippen LogP contribution in [0.3, 0.4) is 0 Å². The summed E-state index contributed by atoms with van der Waals surface area (Å²) in [7, 11) is 0. The van der Waals surface area contributed by atoms with Crippen LogP contribution in [0.15, 0.2) is 0 Å². The van der Waals surface area contributed by atoms with Crippen molar-refractivity contribution in [2.24, 2.45) is 0 Å². The quantitative estimate of drug-likeness (QED) is 0.870. The SMILES string of the molecule is CC(C)c1n[nH]c2c1CCN(CC(F)(F)F)C2. The summed E-state index contributed by atoms with van der Waals surface area (Å²) in [5, 5.41) is 7.06. The second kappa shape index (κ2) is 4.33. The van der Waals surface area contributed by atoms with Gasteiger partial charge in [-0.2, -0.15) is 18.3 Å². The van der Waals surface area contributed by atoms with E-state index in [-0.39, 0.29) is 0 Å². The number of aromatic nitrogens is 2. The van der Waals surface area contributed by atoms with Crippen LogP contribution in [-0.4, -0.2) is 34.4 Å². The Morgan fingerprint density at radius 2 is 2.12 bits per heavy atom. The number of fused-ring (bicyclic) bond motifs is 1. The van der Waals surface area contributed by atoms with E-state index in [0.717, 1.165) is 17.0 Å². The molecule has 0 amide bonds. The minimum absolute atomic E-state index is 0.309. The van der Waals surface area contributed by atoms with Crippen molar-refractivity contribution in [3.05, 3.63) is 17.0 Å². The number of nitrogens with zero attached hydrogens (tertiary/aromatic N) is 2. The Balaban J connectivity index is 2.10. The monoisotopic (exact) mass is 247 g/mol. The normalized spacial score (nSPS) is 17.5. The standard InChI is InChI=1S/C11H16F3N3/c1-7(2)10-8-3-4-17(6-11(12,13)14)5-9(8)15-16-10/h7H,3-6H2,1-2H3,(H,15,16). The fraction of sp³-hybridized carbons (Fsp3) is 0.727. The lowest BCUT2D eigenvalue weighted by molar-refractivity contribution is -0.147. The van der Waals surface area contributed by atoms with Gasteiger partial charge in [0.1, 0.15) is 0 Å². The molecule has 2 rings (SSSR count). The molecule has 1 aliphatic heterocycles. The van der Waals surface area contributed by atoms with Gasteiger partial charge in [-0.3, -0.25) is 10.00 Å². The Labute approximate surface area is 98.0 Å². The topological polar surface area (TPSA) is 31.9 Å². The van der Waals surface area contributed by atoms with Crippen molar-refractivity contribution >= 4 is 0 Å². The first-order chi connectivity index (χ1) is 7.87. The maximum Gasteiger partial charge on any atom is 0.401 e. The molecule has 3 nitrogen and oxygen atoms in total. The summed E-state index contributed by atoms with van der Waals surface area (Å²) >= 11 is 0. The van der Waals surface area contributed by atoms with Crippen LogP contribution in [0, 0.1) is 0 Å². The van der Waals surface area contributed by atoms with Crippen molar-refractivity contribution < 1.29 is 13.2 Å². The molecule has 0 fully saturated rings. The summed E-state index contributed by atoms with van der Waals surface area (Å²) in [5.41, 5.74) is 2.94. The highest BCUT2D eigenvalue weighted by atomic mass is 19.4. The third-order valence-corrected chi connectivity index (χ3v) is 2.99. The molecule has 1 N–H and O–H groups in total. The van der Waals surface area contributed by atoms with Crippen LogP contribution in [0.5, 0.6) is 0 Å². The number of hydrogen-bond acceptors (Lipinski definition) is 2. The van der Waals surface area contributed by atoms with Crippen LogP contribution < -0.4 is 0 Å².